The van der Waals surface area contributed by atoms with Gasteiger partial charge in [0, 0.05) is 28.7 Å². The average molecular weight is 378 g/mol. The fraction of sp³-hybridized carbons (Fsp3) is 0.133. The van der Waals surface area contributed by atoms with Crippen molar-refractivity contribution in [1.82, 2.24) is 0 Å². The Morgan fingerprint density at radius 3 is 1.87 bits per heavy atom. The summed E-state index contributed by atoms with van der Waals surface area (Å²) in [7, 11) is 0. The predicted octanol–water partition coefficient (Wildman–Crippen LogP) is 5.12. The van der Waals surface area contributed by atoms with Gasteiger partial charge in [-0.05, 0) is 25.0 Å². The number of benzene rings is 2. The van der Waals surface area contributed by atoms with E-state index in [0.717, 1.165) is 15.6 Å². The van der Waals surface area contributed by atoms with Crippen LogP contribution in [0.1, 0.15) is 11.1 Å². The van der Waals surface area contributed by atoms with Gasteiger partial charge in [-0.15, -0.1) is 0 Å². The second-order valence-electron chi connectivity index (χ2n) is 4.53. The van der Waals surface area contributed by atoms with Gasteiger partial charge in [0.05, 0.1) is 16.4 Å². The molecular formula is C15H12BrN3O4. The smallest absolute Gasteiger partial charge is 0.258 e. The van der Waals surface area contributed by atoms with Crippen LogP contribution in [0.2, 0.25) is 0 Å². The summed E-state index contributed by atoms with van der Waals surface area (Å²) < 4.78 is 0.770. The van der Waals surface area contributed by atoms with Crippen LogP contribution >= 0.6 is 15.9 Å². The minimum Gasteiger partial charge on any atom is -0.258 e. The minimum absolute atomic E-state index is 0.0356. The molecule has 0 saturated carbocycles. The molecule has 2 aromatic rings. The molecule has 0 bridgehead atoms. The highest BCUT2D eigenvalue weighted by molar-refractivity contribution is 9.10. The van der Waals surface area contributed by atoms with Gasteiger partial charge in [0.2, 0.25) is 0 Å². The van der Waals surface area contributed by atoms with Gasteiger partial charge in [0.25, 0.3) is 11.4 Å². The molecule has 0 amide bonds. The Kier molecular flexibility index (Phi) is 6.35. The highest BCUT2D eigenvalue weighted by atomic mass is 79.9. The van der Waals surface area contributed by atoms with Crippen molar-refractivity contribution in [1.29, 1.82) is 0 Å². The molecule has 2 aromatic carbocycles. The van der Waals surface area contributed by atoms with Crippen LogP contribution in [0.25, 0.3) is 4.85 Å². The number of hydrogen-bond donors (Lipinski definition) is 0. The highest BCUT2D eigenvalue weighted by Crippen LogP contribution is 2.24. The Hall–Kier alpha value is -2.79. The topological polar surface area (TPSA) is 90.6 Å². The maximum atomic E-state index is 10.3. The summed E-state index contributed by atoms with van der Waals surface area (Å²) in [6.07, 6.45) is 0. The monoisotopic (exact) mass is 377 g/mol. The molecule has 118 valence electrons. The third-order valence-electron chi connectivity index (χ3n) is 2.89. The molecule has 7 nitrogen and oxygen atoms in total. The van der Waals surface area contributed by atoms with Crippen molar-refractivity contribution in [3.8, 4) is 0 Å². The van der Waals surface area contributed by atoms with Crippen LogP contribution in [0, 0.1) is 40.6 Å². The second-order valence-corrected chi connectivity index (χ2v) is 5.38. The molecule has 0 aliphatic rings. The molecular weight excluding hydrogens is 366 g/mol. The standard InChI is InChI=1S/C8H6N2O2.C7H6BrNO2/c1-6-3-4-7(10(11)12)5-8(6)9-2;1-5-2-3-6(9(10)11)4-7(5)8/h3-5H,1H3;2-4H,1H3. The van der Waals surface area contributed by atoms with Crippen molar-refractivity contribution in [2.24, 2.45) is 0 Å². The number of nitro benzene ring substituents is 2. The van der Waals surface area contributed by atoms with Gasteiger partial charge >= 0.3 is 0 Å². The fourth-order valence-electron chi connectivity index (χ4n) is 1.53. The van der Waals surface area contributed by atoms with Crippen molar-refractivity contribution >= 4 is 33.0 Å². The average Bonchev–Trinajstić information content (AvgIpc) is 2.50. The zero-order chi connectivity index (χ0) is 17.6. The Labute approximate surface area is 140 Å². The zero-order valence-corrected chi connectivity index (χ0v) is 13.9. The van der Waals surface area contributed by atoms with Crippen LogP contribution in [0.15, 0.2) is 40.9 Å². The SMILES string of the molecule is Cc1ccc([N+](=O)[O-])cc1Br.[C-]#[N+]c1cc([N+](=O)[O-])ccc1C. The molecule has 0 aromatic heterocycles. The lowest BCUT2D eigenvalue weighted by Gasteiger charge is -1.95. The first-order chi connectivity index (χ1) is 10.8. The summed E-state index contributed by atoms with van der Waals surface area (Å²) in [5.41, 5.74) is 2.17. The van der Waals surface area contributed by atoms with E-state index >= 15 is 0 Å². The molecule has 0 fully saturated rings. The summed E-state index contributed by atoms with van der Waals surface area (Å²) in [4.78, 5) is 22.8. The lowest BCUT2D eigenvalue weighted by molar-refractivity contribution is -0.385. The molecule has 0 radical (unpaired) electrons. The maximum absolute atomic E-state index is 10.3. The first-order valence-corrected chi connectivity index (χ1v) is 7.08. The van der Waals surface area contributed by atoms with Crippen molar-refractivity contribution in [3.05, 3.63) is 83.6 Å². The van der Waals surface area contributed by atoms with Gasteiger partial charge in [-0.2, -0.15) is 0 Å². The van der Waals surface area contributed by atoms with Gasteiger partial charge in [0.1, 0.15) is 0 Å². The Balaban J connectivity index is 0.000000231. The normalized spacial score (nSPS) is 9.30. The highest BCUT2D eigenvalue weighted by Gasteiger charge is 2.07. The second kappa shape index (κ2) is 8.00. The van der Waals surface area contributed by atoms with Crippen LogP contribution in [0.4, 0.5) is 17.1 Å². The zero-order valence-electron chi connectivity index (χ0n) is 12.3. The molecule has 0 saturated heterocycles. The van der Waals surface area contributed by atoms with Gasteiger partial charge in [-0.25, -0.2) is 4.85 Å². The van der Waals surface area contributed by atoms with E-state index in [-0.39, 0.29) is 11.4 Å². The summed E-state index contributed by atoms with van der Waals surface area (Å²) in [5, 5.41) is 20.5. The minimum atomic E-state index is -0.506. The Morgan fingerprint density at radius 2 is 1.43 bits per heavy atom. The lowest BCUT2D eigenvalue weighted by atomic mass is 10.2. The van der Waals surface area contributed by atoms with Crippen LogP contribution in [-0.4, -0.2) is 9.85 Å². The Bertz CT molecular complexity index is 800. The predicted molar refractivity (Wildman–Crippen MR) is 89.6 cm³/mol. The van der Waals surface area contributed by atoms with Crippen LogP contribution in [-0.2, 0) is 0 Å². The molecule has 0 N–H and O–H groups in total. The number of halogens is 1. The van der Waals surface area contributed by atoms with Gasteiger partial charge in [-0.3, -0.25) is 20.2 Å². The number of hydrogen-bond acceptors (Lipinski definition) is 4. The maximum Gasteiger partial charge on any atom is 0.270 e. The number of nitrogens with zero attached hydrogens (tertiary/aromatic N) is 3. The number of aryl methyl sites for hydroxylation is 2. The first-order valence-electron chi connectivity index (χ1n) is 6.29. The first kappa shape index (κ1) is 18.3. The molecule has 0 unspecified atom stereocenters. The summed E-state index contributed by atoms with van der Waals surface area (Å²) in [6, 6.07) is 8.94. The number of non-ortho nitro benzene ring substituents is 2. The van der Waals surface area contributed by atoms with E-state index in [9.17, 15) is 20.2 Å². The van der Waals surface area contributed by atoms with Gasteiger partial charge in [-0.1, -0.05) is 28.1 Å². The molecule has 23 heavy (non-hydrogen) atoms. The van der Waals surface area contributed by atoms with E-state index in [1.807, 2.05) is 6.92 Å². The Morgan fingerprint density at radius 1 is 0.957 bits per heavy atom. The van der Waals surface area contributed by atoms with Gasteiger partial charge in [0.15, 0.2) is 5.69 Å². The van der Waals surface area contributed by atoms with Crippen molar-refractivity contribution < 1.29 is 9.85 Å². The van der Waals surface area contributed by atoms with Crippen molar-refractivity contribution in [2.75, 3.05) is 0 Å². The van der Waals surface area contributed by atoms with E-state index < -0.39 is 9.85 Å². The molecule has 8 heteroatoms. The molecule has 0 heterocycles. The summed E-state index contributed by atoms with van der Waals surface area (Å²) >= 11 is 3.21. The van der Waals surface area contributed by atoms with E-state index in [4.69, 9.17) is 6.57 Å². The van der Waals surface area contributed by atoms with E-state index in [1.165, 1.54) is 24.3 Å². The van der Waals surface area contributed by atoms with E-state index in [0.29, 0.717) is 5.69 Å². The molecule has 2 rings (SSSR count). The van der Waals surface area contributed by atoms with Crippen LogP contribution in [0.3, 0.4) is 0 Å². The third kappa shape index (κ3) is 5.16. The number of nitro groups is 2. The van der Waals surface area contributed by atoms with Crippen molar-refractivity contribution in [3.63, 3.8) is 0 Å². The van der Waals surface area contributed by atoms with Crippen LogP contribution < -0.4 is 0 Å². The molecule has 0 aliphatic heterocycles. The lowest BCUT2D eigenvalue weighted by Crippen LogP contribution is -1.87. The number of rotatable bonds is 2. The van der Waals surface area contributed by atoms with Crippen molar-refractivity contribution in [2.45, 2.75) is 13.8 Å². The van der Waals surface area contributed by atoms with E-state index in [1.54, 1.807) is 19.1 Å². The molecule has 0 aliphatic carbocycles. The molecule has 0 spiro atoms. The largest absolute Gasteiger partial charge is 0.270 e. The summed E-state index contributed by atoms with van der Waals surface area (Å²) in [5.74, 6) is 0. The van der Waals surface area contributed by atoms with Gasteiger partial charge < -0.3 is 0 Å². The fourth-order valence-corrected chi connectivity index (χ4v) is 1.89. The quantitative estimate of drug-likeness (QED) is 0.412. The molecule has 0 atom stereocenters. The van der Waals surface area contributed by atoms with Crippen LogP contribution in [0.5, 0.6) is 0 Å². The summed E-state index contributed by atoms with van der Waals surface area (Å²) in [6.45, 7) is 10.4. The van der Waals surface area contributed by atoms with E-state index in [2.05, 4.69) is 20.8 Å². The third-order valence-corrected chi connectivity index (χ3v) is 3.74.